The molecule has 2 aromatic rings. The van der Waals surface area contributed by atoms with E-state index in [1.165, 1.54) is 19.3 Å². The van der Waals surface area contributed by atoms with Crippen LogP contribution in [0.3, 0.4) is 0 Å². The van der Waals surface area contributed by atoms with Crippen molar-refractivity contribution in [2.75, 3.05) is 19.0 Å². The minimum atomic E-state index is -0.934. The number of aliphatic carboxylic acids is 1. The zero-order valence-corrected chi connectivity index (χ0v) is 19.3. The number of nitrogens with zero attached hydrogens (tertiary/aromatic N) is 2. The molecule has 2 heterocycles. The molecular formula is C24H33N3O5. The van der Waals surface area contributed by atoms with E-state index in [1.54, 1.807) is 30.2 Å². The lowest BCUT2D eigenvalue weighted by Crippen LogP contribution is -2.52. The van der Waals surface area contributed by atoms with Crippen LogP contribution in [0.1, 0.15) is 52.9 Å². The second-order valence-corrected chi connectivity index (χ2v) is 10.3. The van der Waals surface area contributed by atoms with Crippen LogP contribution in [0.2, 0.25) is 0 Å². The average molecular weight is 444 g/mol. The number of amides is 1. The third kappa shape index (κ3) is 4.54. The van der Waals surface area contributed by atoms with E-state index in [2.05, 4.69) is 10.3 Å². The number of methoxy groups -OCH3 is 1. The Morgan fingerprint density at radius 2 is 2.06 bits per heavy atom. The third-order valence-corrected chi connectivity index (χ3v) is 6.82. The van der Waals surface area contributed by atoms with Gasteiger partial charge in [0.25, 0.3) is 6.01 Å². The number of carbonyl (C=O) groups excluding carboxylic acids is 1. The molecule has 2 N–H and O–H groups in total. The van der Waals surface area contributed by atoms with Crippen molar-refractivity contribution in [3.05, 3.63) is 18.2 Å². The highest BCUT2D eigenvalue weighted by Gasteiger charge is 2.45. The summed E-state index contributed by atoms with van der Waals surface area (Å²) in [5.41, 5.74) is 0.723. The van der Waals surface area contributed by atoms with Crippen LogP contribution in [0.15, 0.2) is 22.6 Å². The molecule has 0 radical (unpaired) electrons. The minimum Gasteiger partial charge on any atom is -0.497 e. The van der Waals surface area contributed by atoms with Crippen LogP contribution in [0.4, 0.5) is 6.01 Å². The Balaban J connectivity index is 1.55. The van der Waals surface area contributed by atoms with E-state index in [1.807, 2.05) is 20.8 Å². The highest BCUT2D eigenvalue weighted by Crippen LogP contribution is 2.38. The molecule has 174 valence electrons. The molecule has 2 fully saturated rings. The molecule has 1 aromatic carbocycles. The second kappa shape index (κ2) is 8.64. The molecule has 0 bridgehead atoms. The van der Waals surface area contributed by atoms with E-state index in [9.17, 15) is 14.7 Å². The summed E-state index contributed by atoms with van der Waals surface area (Å²) in [4.78, 5) is 31.7. The van der Waals surface area contributed by atoms with Crippen molar-refractivity contribution in [2.45, 2.75) is 65.0 Å². The zero-order valence-electron chi connectivity index (χ0n) is 19.3. The lowest BCUT2D eigenvalue weighted by atomic mass is 9.78. The molecule has 1 amide bonds. The fourth-order valence-electron chi connectivity index (χ4n) is 4.81. The van der Waals surface area contributed by atoms with Gasteiger partial charge in [-0.05, 0) is 42.2 Å². The van der Waals surface area contributed by atoms with Gasteiger partial charge in [0.2, 0.25) is 5.91 Å². The summed E-state index contributed by atoms with van der Waals surface area (Å²) >= 11 is 0. The summed E-state index contributed by atoms with van der Waals surface area (Å²) in [6, 6.07) is 4.09. The number of hydrogen-bond donors (Lipinski definition) is 2. The number of ether oxygens (including phenoxy) is 1. The molecule has 1 saturated carbocycles. The van der Waals surface area contributed by atoms with E-state index in [0.717, 1.165) is 6.42 Å². The number of benzene rings is 1. The van der Waals surface area contributed by atoms with Crippen LogP contribution in [0.25, 0.3) is 11.1 Å². The van der Waals surface area contributed by atoms with Crippen molar-refractivity contribution in [2.24, 2.45) is 17.3 Å². The number of carboxylic acids is 1. The first kappa shape index (κ1) is 22.4. The molecule has 32 heavy (non-hydrogen) atoms. The summed E-state index contributed by atoms with van der Waals surface area (Å²) in [6.45, 7) is 6.34. The van der Waals surface area contributed by atoms with Gasteiger partial charge in [-0.15, -0.1) is 0 Å². The highest BCUT2D eigenvalue weighted by molar-refractivity contribution is 5.90. The van der Waals surface area contributed by atoms with E-state index in [-0.39, 0.29) is 17.8 Å². The summed E-state index contributed by atoms with van der Waals surface area (Å²) in [5, 5.41) is 13.0. The van der Waals surface area contributed by atoms with Crippen LogP contribution < -0.4 is 10.1 Å². The maximum absolute atomic E-state index is 13.7. The maximum atomic E-state index is 13.7. The van der Waals surface area contributed by atoms with Gasteiger partial charge in [-0.3, -0.25) is 4.79 Å². The predicted octanol–water partition coefficient (Wildman–Crippen LogP) is 4.15. The number of aromatic nitrogens is 1. The van der Waals surface area contributed by atoms with Gasteiger partial charge in [0.1, 0.15) is 23.3 Å². The second-order valence-electron chi connectivity index (χ2n) is 10.3. The number of nitrogens with one attached hydrogen (secondary N) is 1. The molecule has 1 aliphatic heterocycles. The van der Waals surface area contributed by atoms with Crippen molar-refractivity contribution in [3.8, 4) is 5.75 Å². The van der Waals surface area contributed by atoms with E-state index in [0.29, 0.717) is 35.7 Å². The van der Waals surface area contributed by atoms with Gasteiger partial charge in [0.05, 0.1) is 7.11 Å². The predicted molar refractivity (Wildman–Crippen MR) is 121 cm³/mol. The Bertz CT molecular complexity index is 991. The molecule has 4 rings (SSSR count). The van der Waals surface area contributed by atoms with Gasteiger partial charge < -0.3 is 24.5 Å². The molecule has 1 saturated heterocycles. The molecule has 3 atom stereocenters. The zero-order chi connectivity index (χ0) is 23.0. The monoisotopic (exact) mass is 443 g/mol. The summed E-state index contributed by atoms with van der Waals surface area (Å²) in [6.07, 6.45) is 5.23. The van der Waals surface area contributed by atoms with Gasteiger partial charge in [0, 0.05) is 12.6 Å². The van der Waals surface area contributed by atoms with Crippen molar-refractivity contribution in [1.29, 1.82) is 0 Å². The number of anilines is 1. The molecular weight excluding hydrogens is 410 g/mol. The Labute approximate surface area is 188 Å². The van der Waals surface area contributed by atoms with Gasteiger partial charge >= 0.3 is 5.97 Å². The molecule has 0 unspecified atom stereocenters. The lowest BCUT2D eigenvalue weighted by molar-refractivity contribution is -0.149. The summed E-state index contributed by atoms with van der Waals surface area (Å²) in [5.74, 6) is 0.428. The van der Waals surface area contributed by atoms with Gasteiger partial charge in [0.15, 0.2) is 5.58 Å². The largest absolute Gasteiger partial charge is 0.497 e. The summed E-state index contributed by atoms with van der Waals surface area (Å²) < 4.78 is 11.0. The fraction of sp³-hybridized carbons (Fsp3) is 0.625. The van der Waals surface area contributed by atoms with E-state index in [4.69, 9.17) is 9.15 Å². The number of carboxylic acid groups (broad SMARTS) is 1. The van der Waals surface area contributed by atoms with Crippen molar-refractivity contribution in [3.63, 3.8) is 0 Å². The number of oxazole rings is 1. The number of rotatable bonds is 7. The van der Waals surface area contributed by atoms with Crippen molar-refractivity contribution >= 4 is 29.0 Å². The van der Waals surface area contributed by atoms with Crippen LogP contribution >= 0.6 is 0 Å². The minimum absolute atomic E-state index is 0.221. The lowest BCUT2D eigenvalue weighted by Gasteiger charge is -2.34. The smallest absolute Gasteiger partial charge is 0.326 e. The van der Waals surface area contributed by atoms with Crippen molar-refractivity contribution in [1.82, 2.24) is 9.88 Å². The fourth-order valence-corrected chi connectivity index (χ4v) is 4.81. The van der Waals surface area contributed by atoms with Crippen LogP contribution in [0.5, 0.6) is 5.75 Å². The topological polar surface area (TPSA) is 105 Å². The highest BCUT2D eigenvalue weighted by atomic mass is 16.5. The third-order valence-electron chi connectivity index (χ3n) is 6.82. The molecule has 8 nitrogen and oxygen atoms in total. The van der Waals surface area contributed by atoms with E-state index >= 15 is 0 Å². The van der Waals surface area contributed by atoms with Gasteiger partial charge in [-0.1, -0.05) is 40.0 Å². The molecule has 1 aliphatic carbocycles. The van der Waals surface area contributed by atoms with Crippen LogP contribution in [0, 0.1) is 17.3 Å². The first-order chi connectivity index (χ1) is 15.2. The SMILES string of the molecule is COc1ccc2oc(N[C@H](C(=O)N3C[C@@H](CC4CCC4)C[C@H]3C(=O)O)C(C)(C)C)nc2c1. The number of carbonyl (C=O) groups is 2. The standard InChI is InChI=1S/C24H33N3O5/c1-24(2,3)20(26-23-25-17-12-16(31-4)8-9-19(17)32-23)21(28)27-13-15(10-14-6-5-7-14)11-18(27)22(29)30/h8-9,12,14-15,18,20H,5-7,10-11,13H2,1-4H3,(H,25,26)(H,29,30)/t15-,18-,20+/m0/s1. The number of likely N-dealkylation sites (tertiary alicyclic amines) is 1. The summed E-state index contributed by atoms with van der Waals surface area (Å²) in [7, 11) is 1.59. The van der Waals surface area contributed by atoms with Gasteiger partial charge in [-0.2, -0.15) is 4.98 Å². The quantitative estimate of drug-likeness (QED) is 0.662. The Morgan fingerprint density at radius 1 is 1.31 bits per heavy atom. The van der Waals surface area contributed by atoms with E-state index < -0.39 is 23.5 Å². The number of fused-ring (bicyclic) bond motifs is 1. The first-order valence-corrected chi connectivity index (χ1v) is 11.4. The Hall–Kier alpha value is -2.77. The average Bonchev–Trinajstić information content (AvgIpc) is 3.30. The molecule has 2 aliphatic rings. The normalized spacial score (nSPS) is 22.6. The van der Waals surface area contributed by atoms with Gasteiger partial charge in [-0.25, -0.2) is 4.79 Å². The molecule has 0 spiro atoms. The first-order valence-electron chi connectivity index (χ1n) is 11.4. The maximum Gasteiger partial charge on any atom is 0.326 e. The molecule has 1 aromatic heterocycles. The molecule has 8 heteroatoms. The van der Waals surface area contributed by atoms with Crippen molar-refractivity contribution < 1.29 is 23.8 Å². The number of hydrogen-bond acceptors (Lipinski definition) is 6. The van der Waals surface area contributed by atoms with Crippen LogP contribution in [-0.2, 0) is 9.59 Å². The Kier molecular flexibility index (Phi) is 6.05. The van der Waals surface area contributed by atoms with Crippen LogP contribution in [-0.4, -0.2) is 52.6 Å². The Morgan fingerprint density at radius 3 is 2.66 bits per heavy atom.